The van der Waals surface area contributed by atoms with E-state index < -0.39 is 5.97 Å². The molecule has 19 heavy (non-hydrogen) atoms. The monoisotopic (exact) mass is 258 g/mol. The average molecular weight is 258 g/mol. The highest BCUT2D eigenvalue weighted by atomic mass is 16.4. The first-order valence-corrected chi connectivity index (χ1v) is 6.95. The zero-order valence-corrected chi connectivity index (χ0v) is 11.1. The van der Waals surface area contributed by atoms with Crippen LogP contribution < -0.4 is 0 Å². The summed E-state index contributed by atoms with van der Waals surface area (Å²) in [5, 5.41) is 14.9. The first-order chi connectivity index (χ1) is 9.20. The van der Waals surface area contributed by atoms with Crippen LogP contribution in [-0.4, -0.2) is 20.9 Å². The fraction of sp³-hybridized carbons (Fsp3) is 0.467. The first kappa shape index (κ1) is 12.2. The third-order valence-corrected chi connectivity index (χ3v) is 4.04. The van der Waals surface area contributed by atoms with Gasteiger partial charge in [0.1, 0.15) is 0 Å². The Bertz CT molecular complexity index is 624. The maximum Gasteiger partial charge on any atom is 0.335 e. The minimum absolute atomic E-state index is 0.342. The third-order valence-electron chi connectivity index (χ3n) is 4.04. The van der Waals surface area contributed by atoms with Crippen LogP contribution in [0.2, 0.25) is 0 Å². The molecule has 0 amide bonds. The predicted octanol–water partition coefficient (Wildman–Crippen LogP) is 3.41. The summed E-state index contributed by atoms with van der Waals surface area (Å²) in [5.41, 5.74) is 2.39. The van der Waals surface area contributed by atoms with Gasteiger partial charge in [0.05, 0.1) is 22.8 Å². The van der Waals surface area contributed by atoms with E-state index in [9.17, 15) is 4.79 Å². The van der Waals surface area contributed by atoms with Gasteiger partial charge in [0.25, 0.3) is 0 Å². The minimum atomic E-state index is -0.876. The van der Waals surface area contributed by atoms with Gasteiger partial charge in [0.15, 0.2) is 0 Å². The highest BCUT2D eigenvalue weighted by molar-refractivity contribution is 5.94. The number of nitrogens with zero attached hydrogens (tertiary/aromatic N) is 2. The molecule has 1 heterocycles. The lowest BCUT2D eigenvalue weighted by Gasteiger charge is -2.11. The number of aryl methyl sites for hydroxylation is 1. The molecule has 0 spiro atoms. The largest absolute Gasteiger partial charge is 0.478 e. The fourth-order valence-electron chi connectivity index (χ4n) is 3.02. The normalized spacial score (nSPS) is 16.3. The highest BCUT2D eigenvalue weighted by Crippen LogP contribution is 2.33. The van der Waals surface area contributed by atoms with Crippen molar-refractivity contribution in [2.45, 2.75) is 45.1 Å². The maximum atomic E-state index is 11.1. The topological polar surface area (TPSA) is 55.1 Å². The summed E-state index contributed by atoms with van der Waals surface area (Å²) in [6.45, 7) is 2.09. The molecule has 1 aromatic carbocycles. The molecule has 1 saturated carbocycles. The van der Waals surface area contributed by atoms with E-state index in [4.69, 9.17) is 10.2 Å². The van der Waals surface area contributed by atoms with Crippen LogP contribution in [0.1, 0.15) is 54.7 Å². The second-order valence-corrected chi connectivity index (χ2v) is 5.22. The van der Waals surface area contributed by atoms with E-state index in [1.165, 1.54) is 12.8 Å². The molecule has 100 valence electrons. The standard InChI is InChI=1S/C15H18N2O2/c1-2-13-12-8-7-10(15(18)19)9-14(12)17(16-13)11-5-3-4-6-11/h7-9,11H,2-6H2,1H3,(H,18,19). The molecule has 0 radical (unpaired) electrons. The van der Waals surface area contributed by atoms with Crippen molar-refractivity contribution in [3.05, 3.63) is 29.5 Å². The molecule has 1 aromatic heterocycles. The lowest BCUT2D eigenvalue weighted by molar-refractivity contribution is 0.0697. The molecule has 2 aromatic rings. The summed E-state index contributed by atoms with van der Waals surface area (Å²) in [6, 6.07) is 5.77. The highest BCUT2D eigenvalue weighted by Gasteiger charge is 2.21. The Morgan fingerprint density at radius 3 is 2.79 bits per heavy atom. The van der Waals surface area contributed by atoms with Gasteiger partial charge in [-0.25, -0.2) is 4.79 Å². The van der Waals surface area contributed by atoms with E-state index >= 15 is 0 Å². The Labute approximate surface area is 112 Å². The number of carboxylic acid groups (broad SMARTS) is 1. The summed E-state index contributed by atoms with van der Waals surface area (Å²) in [5.74, 6) is -0.876. The van der Waals surface area contributed by atoms with Crippen molar-refractivity contribution in [2.24, 2.45) is 0 Å². The molecular weight excluding hydrogens is 240 g/mol. The number of hydrogen-bond donors (Lipinski definition) is 1. The molecule has 0 unspecified atom stereocenters. The van der Waals surface area contributed by atoms with Crippen LogP contribution in [0.15, 0.2) is 18.2 Å². The molecule has 4 heteroatoms. The number of benzene rings is 1. The van der Waals surface area contributed by atoms with Crippen LogP contribution >= 0.6 is 0 Å². The van der Waals surface area contributed by atoms with E-state index in [1.54, 1.807) is 12.1 Å². The molecule has 0 aliphatic heterocycles. The van der Waals surface area contributed by atoms with Gasteiger partial charge in [-0.1, -0.05) is 25.8 Å². The van der Waals surface area contributed by atoms with Crippen LogP contribution in [0.3, 0.4) is 0 Å². The van der Waals surface area contributed by atoms with Crippen molar-refractivity contribution in [3.63, 3.8) is 0 Å². The summed E-state index contributed by atoms with van der Waals surface area (Å²) < 4.78 is 2.06. The molecule has 1 aliphatic rings. The second kappa shape index (κ2) is 4.68. The molecule has 3 rings (SSSR count). The number of carbonyl (C=O) groups is 1. The van der Waals surface area contributed by atoms with Crippen molar-refractivity contribution in [1.82, 2.24) is 9.78 Å². The SMILES string of the molecule is CCc1nn(C2CCCC2)c2cc(C(=O)O)ccc12. The smallest absolute Gasteiger partial charge is 0.335 e. The van der Waals surface area contributed by atoms with E-state index in [-0.39, 0.29) is 0 Å². The predicted molar refractivity (Wildman–Crippen MR) is 73.6 cm³/mol. The van der Waals surface area contributed by atoms with Gasteiger partial charge in [0, 0.05) is 5.39 Å². The molecule has 1 N–H and O–H groups in total. The lowest BCUT2D eigenvalue weighted by Crippen LogP contribution is -2.07. The van der Waals surface area contributed by atoms with Crippen molar-refractivity contribution in [1.29, 1.82) is 0 Å². The molecular formula is C15H18N2O2. The number of rotatable bonds is 3. The van der Waals surface area contributed by atoms with Crippen molar-refractivity contribution in [2.75, 3.05) is 0 Å². The van der Waals surface area contributed by atoms with Gasteiger partial charge in [-0.3, -0.25) is 4.68 Å². The first-order valence-electron chi connectivity index (χ1n) is 6.95. The third kappa shape index (κ3) is 2.01. The Hall–Kier alpha value is -1.84. The molecule has 0 saturated heterocycles. The molecule has 0 atom stereocenters. The minimum Gasteiger partial charge on any atom is -0.478 e. The van der Waals surface area contributed by atoms with Gasteiger partial charge in [-0.2, -0.15) is 5.10 Å². The van der Waals surface area contributed by atoms with Crippen molar-refractivity contribution < 1.29 is 9.90 Å². The van der Waals surface area contributed by atoms with Crippen LogP contribution in [0.25, 0.3) is 10.9 Å². The lowest BCUT2D eigenvalue weighted by atomic mass is 10.1. The zero-order chi connectivity index (χ0) is 13.4. The van der Waals surface area contributed by atoms with Gasteiger partial charge < -0.3 is 5.11 Å². The van der Waals surface area contributed by atoms with E-state index in [0.29, 0.717) is 11.6 Å². The van der Waals surface area contributed by atoms with E-state index in [2.05, 4.69) is 11.6 Å². The van der Waals surface area contributed by atoms with Crippen LogP contribution in [0.4, 0.5) is 0 Å². The van der Waals surface area contributed by atoms with Crippen molar-refractivity contribution in [3.8, 4) is 0 Å². The number of aromatic carboxylic acids is 1. The summed E-state index contributed by atoms with van der Waals surface area (Å²) in [7, 11) is 0. The maximum absolute atomic E-state index is 11.1. The Morgan fingerprint density at radius 1 is 1.42 bits per heavy atom. The summed E-state index contributed by atoms with van der Waals surface area (Å²) in [4.78, 5) is 11.1. The molecule has 1 fully saturated rings. The van der Waals surface area contributed by atoms with E-state index in [0.717, 1.165) is 35.9 Å². The molecule has 0 bridgehead atoms. The van der Waals surface area contributed by atoms with Gasteiger partial charge >= 0.3 is 5.97 Å². The van der Waals surface area contributed by atoms with Crippen LogP contribution in [-0.2, 0) is 6.42 Å². The zero-order valence-electron chi connectivity index (χ0n) is 11.1. The van der Waals surface area contributed by atoms with E-state index in [1.807, 2.05) is 6.07 Å². The summed E-state index contributed by atoms with van der Waals surface area (Å²) >= 11 is 0. The summed E-state index contributed by atoms with van der Waals surface area (Å²) in [6.07, 6.45) is 5.66. The van der Waals surface area contributed by atoms with Crippen LogP contribution in [0, 0.1) is 0 Å². The van der Waals surface area contributed by atoms with Crippen LogP contribution in [0.5, 0.6) is 0 Å². The van der Waals surface area contributed by atoms with Gasteiger partial charge in [-0.05, 0) is 31.4 Å². The second-order valence-electron chi connectivity index (χ2n) is 5.22. The number of fused-ring (bicyclic) bond motifs is 1. The Kier molecular flexibility index (Phi) is 3.01. The molecule has 1 aliphatic carbocycles. The fourth-order valence-corrected chi connectivity index (χ4v) is 3.02. The number of aromatic nitrogens is 2. The quantitative estimate of drug-likeness (QED) is 0.917. The molecule has 4 nitrogen and oxygen atoms in total. The number of hydrogen-bond acceptors (Lipinski definition) is 2. The Balaban J connectivity index is 2.18. The van der Waals surface area contributed by atoms with Gasteiger partial charge in [-0.15, -0.1) is 0 Å². The van der Waals surface area contributed by atoms with Gasteiger partial charge in [0.2, 0.25) is 0 Å². The number of carboxylic acids is 1. The van der Waals surface area contributed by atoms with Crippen molar-refractivity contribution >= 4 is 16.9 Å². The Morgan fingerprint density at radius 2 is 2.16 bits per heavy atom. The average Bonchev–Trinajstić information content (AvgIpc) is 3.04.